The van der Waals surface area contributed by atoms with Crippen molar-refractivity contribution in [3.63, 3.8) is 0 Å². The van der Waals surface area contributed by atoms with Crippen LogP contribution in [0.3, 0.4) is 0 Å². The van der Waals surface area contributed by atoms with E-state index in [4.69, 9.17) is 0 Å². The summed E-state index contributed by atoms with van der Waals surface area (Å²) in [6.07, 6.45) is 1.97. The summed E-state index contributed by atoms with van der Waals surface area (Å²) < 4.78 is 26.5. The van der Waals surface area contributed by atoms with Crippen LogP contribution >= 0.6 is 0 Å². The van der Waals surface area contributed by atoms with Crippen LogP contribution in [0.4, 0.5) is 5.69 Å². The van der Waals surface area contributed by atoms with Gasteiger partial charge in [-0.15, -0.1) is 0 Å². The third-order valence-electron chi connectivity index (χ3n) is 2.69. The molecule has 6 heteroatoms. The van der Waals surface area contributed by atoms with Gasteiger partial charge < -0.3 is 5.32 Å². The Bertz CT molecular complexity index is 579. The summed E-state index contributed by atoms with van der Waals surface area (Å²) in [6, 6.07) is 5.28. The first-order chi connectivity index (χ1) is 8.53. The summed E-state index contributed by atoms with van der Waals surface area (Å²) in [4.78, 5) is 4.48. The fraction of sp³-hybridized carbons (Fsp3) is 0.417. The Morgan fingerprint density at radius 1 is 1.33 bits per heavy atom. The van der Waals surface area contributed by atoms with Gasteiger partial charge in [-0.05, 0) is 31.0 Å². The Hall–Kier alpha value is -1.56. The van der Waals surface area contributed by atoms with Crippen molar-refractivity contribution >= 4 is 21.7 Å². The molecule has 1 aliphatic heterocycles. The third kappa shape index (κ3) is 2.64. The van der Waals surface area contributed by atoms with E-state index >= 15 is 0 Å². The minimum Gasteiger partial charge on any atom is -0.324 e. The van der Waals surface area contributed by atoms with Crippen LogP contribution in [0.1, 0.15) is 25.3 Å². The molecule has 0 fully saturated rings. The number of nitrogens with zero attached hydrogens (tertiary/aromatic N) is 1. The molecule has 0 aromatic heterocycles. The van der Waals surface area contributed by atoms with Gasteiger partial charge in [0.1, 0.15) is 4.90 Å². The van der Waals surface area contributed by atoms with Crippen molar-refractivity contribution in [2.45, 2.75) is 31.6 Å². The van der Waals surface area contributed by atoms with Crippen molar-refractivity contribution in [3.05, 3.63) is 23.8 Å². The molecule has 0 radical (unpaired) electrons. The average Bonchev–Trinajstić information content (AvgIpc) is 2.30. The van der Waals surface area contributed by atoms with Crippen LogP contribution in [0.5, 0.6) is 0 Å². The molecule has 1 aromatic rings. The van der Waals surface area contributed by atoms with E-state index in [0.29, 0.717) is 18.2 Å². The third-order valence-corrected chi connectivity index (χ3v) is 4.07. The lowest BCUT2D eigenvalue weighted by Crippen LogP contribution is -2.40. The number of sulfonamides is 1. The van der Waals surface area contributed by atoms with Gasteiger partial charge in [-0.2, -0.15) is 0 Å². The second-order valence-corrected chi connectivity index (χ2v) is 5.96. The van der Waals surface area contributed by atoms with Crippen molar-refractivity contribution in [1.82, 2.24) is 4.72 Å². The fourth-order valence-electron chi connectivity index (χ4n) is 1.71. The largest absolute Gasteiger partial charge is 0.324 e. The lowest BCUT2D eigenvalue weighted by molar-refractivity contribution is 0.591. The van der Waals surface area contributed by atoms with Gasteiger partial charge in [0.25, 0.3) is 10.0 Å². The first-order valence-corrected chi connectivity index (χ1v) is 7.46. The molecule has 0 spiro atoms. The van der Waals surface area contributed by atoms with Crippen LogP contribution in [0.25, 0.3) is 0 Å². The molecule has 0 bridgehead atoms. The molecule has 0 saturated heterocycles. The first kappa shape index (κ1) is 12.9. The van der Waals surface area contributed by atoms with E-state index in [-0.39, 0.29) is 4.90 Å². The number of rotatable bonds is 3. The van der Waals surface area contributed by atoms with Crippen LogP contribution in [-0.2, 0) is 10.0 Å². The highest BCUT2D eigenvalue weighted by Gasteiger charge is 2.26. The van der Waals surface area contributed by atoms with E-state index in [9.17, 15) is 8.42 Å². The van der Waals surface area contributed by atoms with Crippen molar-refractivity contribution in [2.75, 3.05) is 11.9 Å². The van der Waals surface area contributed by atoms with Crippen molar-refractivity contribution in [3.8, 4) is 0 Å². The smallest absolute Gasteiger partial charge is 0.266 e. The molecule has 0 saturated carbocycles. The first-order valence-electron chi connectivity index (χ1n) is 5.98. The van der Waals surface area contributed by atoms with Crippen molar-refractivity contribution < 1.29 is 8.42 Å². The Kier molecular flexibility index (Phi) is 3.56. The molecule has 1 heterocycles. The monoisotopic (exact) mass is 267 g/mol. The highest BCUT2D eigenvalue weighted by atomic mass is 32.2. The molecule has 0 unspecified atom stereocenters. The zero-order valence-corrected chi connectivity index (χ0v) is 11.3. The van der Waals surface area contributed by atoms with Crippen LogP contribution in [0.15, 0.2) is 28.1 Å². The molecule has 0 amide bonds. The molecule has 2 rings (SSSR count). The highest BCUT2D eigenvalue weighted by Crippen LogP contribution is 2.25. The van der Waals surface area contributed by atoms with Gasteiger partial charge >= 0.3 is 0 Å². The fourth-order valence-corrected chi connectivity index (χ4v) is 2.94. The number of unbranched alkanes of at least 4 members (excludes halogenated alkanes) is 1. The number of hydrogen-bond donors (Lipinski definition) is 2. The van der Waals surface area contributed by atoms with Crippen molar-refractivity contribution in [1.29, 1.82) is 0 Å². The van der Waals surface area contributed by atoms with E-state index in [0.717, 1.165) is 18.4 Å². The zero-order valence-electron chi connectivity index (χ0n) is 10.5. The van der Waals surface area contributed by atoms with E-state index in [1.165, 1.54) is 0 Å². The summed E-state index contributed by atoms with van der Waals surface area (Å²) in [5, 5.41) is 3.00. The number of fused-ring (bicyclic) bond motifs is 1. The number of benzene rings is 1. The zero-order chi connectivity index (χ0) is 13.2. The Labute approximate surface area is 107 Å². The number of aryl methyl sites for hydroxylation is 1. The number of nitrogens with one attached hydrogen (secondary N) is 2. The van der Waals surface area contributed by atoms with Crippen LogP contribution in [0.2, 0.25) is 0 Å². The molecule has 2 N–H and O–H groups in total. The summed E-state index contributed by atoms with van der Waals surface area (Å²) in [7, 11) is -3.49. The Balaban J connectivity index is 2.33. The second kappa shape index (κ2) is 4.97. The SMILES string of the molecule is CCCCN=C1Nc2ccc(C)cc2S(=O)(=O)N1. The molecule has 18 heavy (non-hydrogen) atoms. The van der Waals surface area contributed by atoms with Crippen molar-refractivity contribution in [2.24, 2.45) is 4.99 Å². The van der Waals surface area contributed by atoms with Gasteiger partial charge in [-0.1, -0.05) is 19.4 Å². The minimum atomic E-state index is -3.49. The number of guanidine groups is 1. The Morgan fingerprint density at radius 2 is 2.11 bits per heavy atom. The molecule has 98 valence electrons. The highest BCUT2D eigenvalue weighted by molar-refractivity contribution is 7.90. The normalized spacial score (nSPS) is 18.9. The lowest BCUT2D eigenvalue weighted by Gasteiger charge is -2.21. The predicted molar refractivity (Wildman–Crippen MR) is 72.3 cm³/mol. The summed E-state index contributed by atoms with van der Waals surface area (Å²) >= 11 is 0. The van der Waals surface area contributed by atoms with Crippen LogP contribution in [-0.4, -0.2) is 20.9 Å². The van der Waals surface area contributed by atoms with Crippen LogP contribution in [0, 0.1) is 6.92 Å². The second-order valence-electron chi connectivity index (χ2n) is 4.31. The molecule has 1 aromatic carbocycles. The number of anilines is 1. The summed E-state index contributed by atoms with van der Waals surface area (Å²) in [5.41, 5.74) is 1.49. The summed E-state index contributed by atoms with van der Waals surface area (Å²) in [6.45, 7) is 4.54. The van der Waals surface area contributed by atoms with Gasteiger partial charge in [0.05, 0.1) is 5.69 Å². The van der Waals surface area contributed by atoms with Gasteiger partial charge in [0.15, 0.2) is 0 Å². The van der Waals surface area contributed by atoms with Gasteiger partial charge in [-0.25, -0.2) is 13.1 Å². The maximum Gasteiger partial charge on any atom is 0.266 e. The molecule has 5 nitrogen and oxygen atoms in total. The standard InChI is InChI=1S/C12H17N3O2S/c1-3-4-7-13-12-14-10-6-5-9(2)8-11(10)18(16,17)15-12/h5-6,8H,3-4,7H2,1-2H3,(H2,13,14,15). The molecular weight excluding hydrogens is 250 g/mol. The van der Waals surface area contributed by atoms with E-state index < -0.39 is 10.0 Å². The topological polar surface area (TPSA) is 70.6 Å². The number of hydrogen-bond acceptors (Lipinski definition) is 3. The van der Waals surface area contributed by atoms with Crippen LogP contribution < -0.4 is 10.0 Å². The molecule has 0 atom stereocenters. The van der Waals surface area contributed by atoms with Gasteiger partial charge in [0, 0.05) is 6.54 Å². The summed E-state index contributed by atoms with van der Waals surface area (Å²) in [5.74, 6) is 0.305. The van der Waals surface area contributed by atoms with E-state index in [1.807, 2.05) is 13.0 Å². The molecule has 0 aliphatic carbocycles. The lowest BCUT2D eigenvalue weighted by atomic mass is 10.2. The Morgan fingerprint density at radius 3 is 2.83 bits per heavy atom. The molecular formula is C12H17N3O2S. The predicted octanol–water partition coefficient (Wildman–Crippen LogP) is 1.85. The minimum absolute atomic E-state index is 0.275. The van der Waals surface area contributed by atoms with Gasteiger partial charge in [-0.3, -0.25) is 4.99 Å². The quantitative estimate of drug-likeness (QED) is 0.821. The number of aliphatic imine (C=N–C) groups is 1. The maximum absolute atomic E-state index is 12.0. The van der Waals surface area contributed by atoms with Gasteiger partial charge in [0.2, 0.25) is 5.96 Å². The van der Waals surface area contributed by atoms with E-state index in [2.05, 4.69) is 22.0 Å². The van der Waals surface area contributed by atoms with E-state index in [1.54, 1.807) is 12.1 Å². The maximum atomic E-state index is 12.0. The average molecular weight is 267 g/mol. The molecule has 1 aliphatic rings.